The number of nitrogens with one attached hydrogen (secondary N) is 3. The van der Waals surface area contributed by atoms with Gasteiger partial charge in [-0.05, 0) is 41.0 Å². The van der Waals surface area contributed by atoms with Gasteiger partial charge < -0.3 is 20.7 Å². The number of anilines is 2. The number of hydrogen-bond acceptors (Lipinski definition) is 5. The minimum atomic E-state index is -0.450. The Labute approximate surface area is 216 Å². The molecule has 6 heteroatoms. The molecule has 6 nitrogen and oxygen atoms in total. The maximum absolute atomic E-state index is 13.1. The molecule has 0 fully saturated rings. The van der Waals surface area contributed by atoms with Crippen molar-refractivity contribution in [2.24, 2.45) is 0 Å². The molecule has 0 bridgehead atoms. The summed E-state index contributed by atoms with van der Waals surface area (Å²) in [5, 5.41) is 9.84. The highest BCUT2D eigenvalue weighted by Crippen LogP contribution is 2.38. The van der Waals surface area contributed by atoms with Crippen LogP contribution in [0.15, 0.2) is 103 Å². The van der Waals surface area contributed by atoms with E-state index in [4.69, 9.17) is 4.74 Å². The van der Waals surface area contributed by atoms with Crippen LogP contribution in [0, 0.1) is 0 Å². The Morgan fingerprint density at radius 1 is 0.784 bits per heavy atom. The second kappa shape index (κ2) is 10.9. The van der Waals surface area contributed by atoms with Crippen molar-refractivity contribution in [3.8, 4) is 0 Å². The van der Waals surface area contributed by atoms with Gasteiger partial charge >= 0.3 is 5.97 Å². The van der Waals surface area contributed by atoms with E-state index < -0.39 is 5.97 Å². The third kappa shape index (κ3) is 5.44. The van der Waals surface area contributed by atoms with E-state index in [1.807, 2.05) is 60.7 Å². The molecule has 5 rings (SSSR count). The summed E-state index contributed by atoms with van der Waals surface area (Å²) in [6, 6.07) is 33.3. The standard InChI is InChI=1S/C31H27N3O3/c1-37-31(36)24-14-17-26-27(18-24)34-30(35)28(26)29(23-10-6-3-7-11-23)33-25-15-12-22(13-16-25)20-32-19-21-8-4-2-5-9-21/h2-18,32-33H,19-20H2,1H3,(H,34,35)/b29-28-. The maximum Gasteiger partial charge on any atom is 0.337 e. The van der Waals surface area contributed by atoms with Gasteiger partial charge in [-0.3, -0.25) is 4.79 Å². The fraction of sp³-hybridized carbons (Fsp3) is 0.0968. The van der Waals surface area contributed by atoms with Crippen LogP contribution in [0.3, 0.4) is 0 Å². The highest BCUT2D eigenvalue weighted by Gasteiger charge is 2.29. The molecule has 0 aliphatic carbocycles. The maximum atomic E-state index is 13.1. The van der Waals surface area contributed by atoms with Crippen LogP contribution in [-0.4, -0.2) is 19.0 Å². The van der Waals surface area contributed by atoms with Crippen molar-refractivity contribution in [1.29, 1.82) is 0 Å². The number of fused-ring (bicyclic) bond motifs is 1. The van der Waals surface area contributed by atoms with Crippen LogP contribution in [0.4, 0.5) is 11.4 Å². The van der Waals surface area contributed by atoms with Crippen LogP contribution in [0.25, 0.3) is 11.3 Å². The monoisotopic (exact) mass is 489 g/mol. The molecule has 0 saturated heterocycles. The Morgan fingerprint density at radius 2 is 1.43 bits per heavy atom. The summed E-state index contributed by atoms with van der Waals surface area (Å²) in [5.74, 6) is -0.681. The summed E-state index contributed by atoms with van der Waals surface area (Å²) >= 11 is 0. The lowest BCUT2D eigenvalue weighted by Crippen LogP contribution is -2.12. The number of methoxy groups -OCH3 is 1. The molecular formula is C31H27N3O3. The molecule has 0 aromatic heterocycles. The molecule has 4 aromatic rings. The van der Waals surface area contributed by atoms with Crippen molar-refractivity contribution >= 4 is 34.5 Å². The van der Waals surface area contributed by atoms with Gasteiger partial charge in [0.25, 0.3) is 5.91 Å². The Bertz CT molecular complexity index is 1450. The highest BCUT2D eigenvalue weighted by molar-refractivity contribution is 6.37. The molecule has 1 heterocycles. The number of ether oxygens (including phenoxy) is 1. The summed E-state index contributed by atoms with van der Waals surface area (Å²) in [4.78, 5) is 25.1. The minimum absolute atomic E-state index is 0.231. The van der Waals surface area contributed by atoms with Crippen LogP contribution in [-0.2, 0) is 22.6 Å². The average Bonchev–Trinajstić information content (AvgIpc) is 3.27. The SMILES string of the molecule is COC(=O)c1ccc2c(c1)NC(=O)/C2=C(\Nc1ccc(CNCc2ccccc2)cc1)c1ccccc1. The average molecular weight is 490 g/mol. The van der Waals surface area contributed by atoms with E-state index in [1.165, 1.54) is 12.7 Å². The number of carbonyl (C=O) groups is 2. The zero-order valence-electron chi connectivity index (χ0n) is 20.5. The Hall–Kier alpha value is -4.68. The quantitative estimate of drug-likeness (QED) is 0.219. The summed E-state index contributed by atoms with van der Waals surface area (Å²) in [6.45, 7) is 1.55. The van der Waals surface area contributed by atoms with Crippen molar-refractivity contribution in [2.45, 2.75) is 13.1 Å². The molecule has 37 heavy (non-hydrogen) atoms. The van der Waals surface area contributed by atoms with E-state index in [0.717, 1.165) is 35.5 Å². The van der Waals surface area contributed by atoms with Gasteiger partial charge in [0.05, 0.1) is 29.6 Å². The summed E-state index contributed by atoms with van der Waals surface area (Å²) in [5.41, 5.74) is 7.06. The molecule has 0 unspecified atom stereocenters. The first-order valence-corrected chi connectivity index (χ1v) is 12.1. The zero-order chi connectivity index (χ0) is 25.6. The van der Waals surface area contributed by atoms with Gasteiger partial charge in [0, 0.05) is 24.3 Å². The van der Waals surface area contributed by atoms with Crippen LogP contribution in [0.5, 0.6) is 0 Å². The zero-order valence-corrected chi connectivity index (χ0v) is 20.5. The predicted octanol–water partition coefficient (Wildman–Crippen LogP) is 5.70. The van der Waals surface area contributed by atoms with Crippen molar-refractivity contribution in [3.63, 3.8) is 0 Å². The van der Waals surface area contributed by atoms with Gasteiger partial charge in [0.1, 0.15) is 0 Å². The summed E-state index contributed by atoms with van der Waals surface area (Å²) in [7, 11) is 1.33. The second-order valence-corrected chi connectivity index (χ2v) is 8.73. The van der Waals surface area contributed by atoms with Gasteiger partial charge in [-0.1, -0.05) is 78.9 Å². The van der Waals surface area contributed by atoms with Gasteiger partial charge in [0.2, 0.25) is 0 Å². The first kappa shape index (κ1) is 24.0. The molecule has 1 amide bonds. The van der Waals surface area contributed by atoms with Crippen molar-refractivity contribution in [2.75, 3.05) is 17.7 Å². The highest BCUT2D eigenvalue weighted by atomic mass is 16.5. The number of hydrogen-bond donors (Lipinski definition) is 3. The molecule has 1 aliphatic rings. The number of benzene rings is 4. The molecule has 0 atom stereocenters. The number of carbonyl (C=O) groups excluding carboxylic acids is 2. The van der Waals surface area contributed by atoms with E-state index in [-0.39, 0.29) is 5.91 Å². The first-order chi connectivity index (χ1) is 18.1. The molecule has 0 radical (unpaired) electrons. The largest absolute Gasteiger partial charge is 0.465 e. The summed E-state index contributed by atoms with van der Waals surface area (Å²) in [6.07, 6.45) is 0. The van der Waals surface area contributed by atoms with Gasteiger partial charge in [-0.15, -0.1) is 0 Å². The molecule has 4 aromatic carbocycles. The minimum Gasteiger partial charge on any atom is -0.465 e. The predicted molar refractivity (Wildman–Crippen MR) is 147 cm³/mol. The van der Waals surface area contributed by atoms with Crippen molar-refractivity contribution in [1.82, 2.24) is 5.32 Å². The van der Waals surface area contributed by atoms with E-state index in [9.17, 15) is 9.59 Å². The number of esters is 1. The third-order valence-corrected chi connectivity index (χ3v) is 6.22. The second-order valence-electron chi connectivity index (χ2n) is 8.73. The van der Waals surface area contributed by atoms with Crippen LogP contribution in [0.1, 0.15) is 32.6 Å². The Morgan fingerprint density at radius 3 is 2.11 bits per heavy atom. The van der Waals surface area contributed by atoms with Crippen LogP contribution in [0.2, 0.25) is 0 Å². The van der Waals surface area contributed by atoms with E-state index in [2.05, 4.69) is 40.2 Å². The third-order valence-electron chi connectivity index (χ3n) is 6.22. The lowest BCUT2D eigenvalue weighted by atomic mass is 9.99. The lowest BCUT2D eigenvalue weighted by Gasteiger charge is -2.15. The molecule has 0 spiro atoms. The molecular weight excluding hydrogens is 462 g/mol. The lowest BCUT2D eigenvalue weighted by molar-refractivity contribution is -0.110. The molecule has 0 saturated carbocycles. The number of rotatable bonds is 8. The Balaban J connectivity index is 1.41. The summed E-state index contributed by atoms with van der Waals surface area (Å²) < 4.78 is 4.82. The van der Waals surface area contributed by atoms with Gasteiger partial charge in [-0.25, -0.2) is 4.79 Å². The van der Waals surface area contributed by atoms with E-state index in [0.29, 0.717) is 22.5 Å². The first-order valence-electron chi connectivity index (χ1n) is 12.1. The van der Waals surface area contributed by atoms with Crippen LogP contribution < -0.4 is 16.0 Å². The van der Waals surface area contributed by atoms with Gasteiger partial charge in [0.15, 0.2) is 0 Å². The van der Waals surface area contributed by atoms with E-state index in [1.54, 1.807) is 18.2 Å². The smallest absolute Gasteiger partial charge is 0.337 e. The molecule has 1 aliphatic heterocycles. The van der Waals surface area contributed by atoms with Crippen molar-refractivity contribution < 1.29 is 14.3 Å². The van der Waals surface area contributed by atoms with Crippen molar-refractivity contribution in [3.05, 3.63) is 131 Å². The van der Waals surface area contributed by atoms with Crippen LogP contribution >= 0.6 is 0 Å². The Kier molecular flexibility index (Phi) is 7.10. The molecule has 184 valence electrons. The normalized spacial score (nSPS) is 13.5. The van der Waals surface area contributed by atoms with Gasteiger partial charge in [-0.2, -0.15) is 0 Å². The number of amides is 1. The molecule has 3 N–H and O–H groups in total. The van der Waals surface area contributed by atoms with E-state index >= 15 is 0 Å². The topological polar surface area (TPSA) is 79.5 Å². The fourth-order valence-corrected chi connectivity index (χ4v) is 4.35. The fourth-order valence-electron chi connectivity index (χ4n) is 4.35.